The quantitative estimate of drug-likeness (QED) is 0.750. The predicted molar refractivity (Wildman–Crippen MR) is 89.9 cm³/mol. The largest absolute Gasteiger partial charge is 0.297 e. The summed E-state index contributed by atoms with van der Waals surface area (Å²) >= 11 is 0. The van der Waals surface area contributed by atoms with Gasteiger partial charge in [-0.1, -0.05) is 52.0 Å². The summed E-state index contributed by atoms with van der Waals surface area (Å²) in [6.45, 7) is 10.1. The Balaban J connectivity index is 2.19. The van der Waals surface area contributed by atoms with E-state index in [1.165, 1.54) is 0 Å². The minimum atomic E-state index is -3.71. The minimum absolute atomic E-state index is 0.215. The lowest BCUT2D eigenvalue weighted by Gasteiger charge is -2.36. The molecule has 0 heterocycles. The van der Waals surface area contributed by atoms with E-state index in [9.17, 15) is 8.42 Å². The van der Waals surface area contributed by atoms with Crippen LogP contribution in [0.25, 0.3) is 6.08 Å². The molecule has 22 heavy (non-hydrogen) atoms. The summed E-state index contributed by atoms with van der Waals surface area (Å²) in [5.41, 5.74) is 0.894. The van der Waals surface area contributed by atoms with E-state index in [0.717, 1.165) is 24.8 Å². The summed E-state index contributed by atoms with van der Waals surface area (Å²) in [4.78, 5) is 0.221. The van der Waals surface area contributed by atoms with Crippen LogP contribution >= 0.6 is 0 Å². The molecule has 0 aliphatic heterocycles. The second kappa shape index (κ2) is 6.97. The summed E-state index contributed by atoms with van der Waals surface area (Å²) in [6.07, 6.45) is 4.47. The molecule has 1 aliphatic rings. The summed E-state index contributed by atoms with van der Waals surface area (Å²) < 4.78 is 30.7. The average Bonchev–Trinajstić information content (AvgIpc) is 2.46. The van der Waals surface area contributed by atoms with Gasteiger partial charge in [0.2, 0.25) is 0 Å². The molecule has 0 aromatic heterocycles. The zero-order valence-corrected chi connectivity index (χ0v) is 14.5. The van der Waals surface area contributed by atoms with Crippen molar-refractivity contribution in [2.45, 2.75) is 51.0 Å². The first-order valence-corrected chi connectivity index (χ1v) is 9.40. The van der Waals surface area contributed by atoms with E-state index in [-0.39, 0.29) is 11.0 Å². The number of hydrogen-bond acceptors (Lipinski definition) is 3. The van der Waals surface area contributed by atoms with Crippen molar-refractivity contribution >= 4 is 16.2 Å². The fourth-order valence-electron chi connectivity index (χ4n) is 3.21. The number of rotatable bonds is 5. The fourth-order valence-corrected chi connectivity index (χ4v) is 4.34. The first kappa shape index (κ1) is 17.2. The molecular weight excluding hydrogens is 296 g/mol. The van der Waals surface area contributed by atoms with Gasteiger partial charge in [0.25, 0.3) is 10.1 Å². The summed E-state index contributed by atoms with van der Waals surface area (Å²) in [7, 11) is -3.71. The third-order valence-corrected chi connectivity index (χ3v) is 5.97. The molecule has 0 amide bonds. The van der Waals surface area contributed by atoms with E-state index in [1.807, 2.05) is 0 Å². The van der Waals surface area contributed by atoms with Crippen LogP contribution in [0, 0.1) is 17.8 Å². The van der Waals surface area contributed by atoms with Crippen LogP contribution in [0.1, 0.15) is 45.6 Å². The van der Waals surface area contributed by atoms with E-state index in [0.29, 0.717) is 17.8 Å². The van der Waals surface area contributed by atoms with Crippen LogP contribution in [0.3, 0.4) is 0 Å². The van der Waals surface area contributed by atoms with Crippen LogP contribution in [0.15, 0.2) is 35.7 Å². The number of hydrogen-bond donors (Lipinski definition) is 0. The van der Waals surface area contributed by atoms with E-state index in [2.05, 4.69) is 27.4 Å². The van der Waals surface area contributed by atoms with Crippen molar-refractivity contribution in [3.05, 3.63) is 36.4 Å². The maximum atomic E-state index is 12.5. The highest BCUT2D eigenvalue weighted by Gasteiger charge is 2.35. The Hall–Kier alpha value is -1.13. The van der Waals surface area contributed by atoms with Crippen LogP contribution in [0.5, 0.6) is 0 Å². The number of benzene rings is 1. The minimum Gasteiger partial charge on any atom is -0.263 e. The standard InChI is InChI=1S/C18H26O3S/c1-5-15-7-9-16(10-8-15)22(19,20)21-18-12-14(4)6-11-17(18)13(2)3/h5,7-10,13-14,17-18H,1,6,11-12H2,2-4H3/t14-,17+,18?/m1/s1. The molecule has 3 atom stereocenters. The molecule has 1 aromatic carbocycles. The van der Waals surface area contributed by atoms with Crippen molar-refractivity contribution in [1.82, 2.24) is 0 Å². The van der Waals surface area contributed by atoms with Gasteiger partial charge in [-0.25, -0.2) is 0 Å². The molecule has 3 nitrogen and oxygen atoms in total. The van der Waals surface area contributed by atoms with Gasteiger partial charge >= 0.3 is 0 Å². The Morgan fingerprint density at radius 3 is 2.41 bits per heavy atom. The highest BCUT2D eigenvalue weighted by Crippen LogP contribution is 2.36. The van der Waals surface area contributed by atoms with Gasteiger partial charge in [-0.3, -0.25) is 4.18 Å². The monoisotopic (exact) mass is 322 g/mol. The smallest absolute Gasteiger partial charge is 0.263 e. The first-order chi connectivity index (χ1) is 10.3. The lowest BCUT2D eigenvalue weighted by molar-refractivity contribution is 0.0511. The highest BCUT2D eigenvalue weighted by atomic mass is 32.2. The molecule has 1 aromatic rings. The normalized spacial score (nSPS) is 26.1. The van der Waals surface area contributed by atoms with Crippen molar-refractivity contribution in [2.75, 3.05) is 0 Å². The van der Waals surface area contributed by atoms with E-state index >= 15 is 0 Å². The van der Waals surface area contributed by atoms with Crippen molar-refractivity contribution in [3.8, 4) is 0 Å². The second-order valence-electron chi connectivity index (χ2n) is 6.69. The first-order valence-electron chi connectivity index (χ1n) is 7.99. The maximum Gasteiger partial charge on any atom is 0.297 e. The maximum absolute atomic E-state index is 12.5. The molecule has 0 radical (unpaired) electrons. The molecule has 122 valence electrons. The zero-order valence-electron chi connectivity index (χ0n) is 13.7. The van der Waals surface area contributed by atoms with Crippen LogP contribution in [0.2, 0.25) is 0 Å². The molecule has 0 N–H and O–H groups in total. The van der Waals surface area contributed by atoms with Crippen molar-refractivity contribution in [3.63, 3.8) is 0 Å². The lowest BCUT2D eigenvalue weighted by atomic mass is 9.75. The Morgan fingerprint density at radius 2 is 1.86 bits per heavy atom. The molecule has 0 spiro atoms. The van der Waals surface area contributed by atoms with Gasteiger partial charge in [-0.2, -0.15) is 8.42 Å². The second-order valence-corrected chi connectivity index (χ2v) is 8.26. The van der Waals surface area contributed by atoms with Crippen LogP contribution in [-0.2, 0) is 14.3 Å². The van der Waals surface area contributed by atoms with Gasteiger partial charge < -0.3 is 0 Å². The predicted octanol–water partition coefficient (Wildman–Crippen LogP) is 4.50. The Bertz CT molecular complexity index is 602. The van der Waals surface area contributed by atoms with Gasteiger partial charge in [0, 0.05) is 0 Å². The third kappa shape index (κ3) is 3.99. The molecule has 1 aliphatic carbocycles. The molecule has 1 fully saturated rings. The molecule has 0 saturated heterocycles. The van der Waals surface area contributed by atoms with Crippen molar-refractivity contribution in [2.24, 2.45) is 17.8 Å². The summed E-state index contributed by atoms with van der Waals surface area (Å²) in [5.74, 6) is 1.24. The zero-order chi connectivity index (χ0) is 16.3. The van der Waals surface area contributed by atoms with Crippen molar-refractivity contribution in [1.29, 1.82) is 0 Å². The molecule has 1 saturated carbocycles. The highest BCUT2D eigenvalue weighted by molar-refractivity contribution is 7.86. The molecule has 4 heteroatoms. The van der Waals surface area contributed by atoms with Crippen LogP contribution < -0.4 is 0 Å². The Kier molecular flexibility index (Phi) is 5.45. The van der Waals surface area contributed by atoms with Crippen LogP contribution in [0.4, 0.5) is 0 Å². The molecular formula is C18H26O3S. The van der Waals surface area contributed by atoms with Gasteiger partial charge in [0.15, 0.2) is 0 Å². The van der Waals surface area contributed by atoms with Crippen molar-refractivity contribution < 1.29 is 12.6 Å². The van der Waals surface area contributed by atoms with E-state index in [1.54, 1.807) is 30.3 Å². The van der Waals surface area contributed by atoms with E-state index < -0.39 is 10.1 Å². The summed E-state index contributed by atoms with van der Waals surface area (Å²) in [5, 5.41) is 0. The Labute approximate surface area is 134 Å². The van der Waals surface area contributed by atoms with Gasteiger partial charge in [0.1, 0.15) is 0 Å². The summed E-state index contributed by atoms with van der Waals surface area (Å²) in [6, 6.07) is 6.66. The topological polar surface area (TPSA) is 43.4 Å². The van der Waals surface area contributed by atoms with E-state index in [4.69, 9.17) is 4.18 Å². The SMILES string of the molecule is C=Cc1ccc(S(=O)(=O)OC2C[C@H](C)CC[C@H]2C(C)C)cc1. The fraction of sp³-hybridized carbons (Fsp3) is 0.556. The molecule has 2 rings (SSSR count). The van der Waals surface area contributed by atoms with Gasteiger partial charge in [-0.05, 0) is 48.3 Å². The third-order valence-electron chi connectivity index (χ3n) is 4.62. The molecule has 0 bridgehead atoms. The lowest BCUT2D eigenvalue weighted by Crippen LogP contribution is -2.35. The van der Waals surface area contributed by atoms with Gasteiger partial charge in [0.05, 0.1) is 11.0 Å². The molecule has 1 unspecified atom stereocenters. The Morgan fingerprint density at radius 1 is 1.23 bits per heavy atom. The average molecular weight is 322 g/mol. The van der Waals surface area contributed by atoms with Crippen LogP contribution in [-0.4, -0.2) is 14.5 Å². The van der Waals surface area contributed by atoms with Gasteiger partial charge in [-0.15, -0.1) is 0 Å².